The van der Waals surface area contributed by atoms with Crippen molar-refractivity contribution in [2.45, 2.75) is 40.5 Å². The number of Topliss-reactive ketones (excluding diaryl/α,β-unsaturated/α-hetero) is 1. The number of hydrogen-bond acceptors (Lipinski definition) is 2. The molecular weight excluding hydrogens is 196 g/mol. The summed E-state index contributed by atoms with van der Waals surface area (Å²) in [6, 6.07) is 0. The predicted molar refractivity (Wildman–Crippen MR) is 61.8 cm³/mol. The molecule has 14 heavy (non-hydrogen) atoms. The van der Waals surface area contributed by atoms with Gasteiger partial charge in [0, 0.05) is 22.5 Å². The van der Waals surface area contributed by atoms with Crippen molar-refractivity contribution >= 4 is 16.6 Å². The third kappa shape index (κ3) is 6.30. The Kier molecular flexibility index (Phi) is 7.06. The van der Waals surface area contributed by atoms with Crippen LogP contribution in [0.2, 0.25) is 0 Å². The van der Waals surface area contributed by atoms with Gasteiger partial charge in [0.05, 0.1) is 5.75 Å². The Bertz CT molecular complexity index is 199. The maximum atomic E-state index is 11.5. The number of carbonyl (C=O) groups excluding carboxylic acids is 1. The van der Waals surface area contributed by atoms with Gasteiger partial charge in [-0.2, -0.15) is 0 Å². The maximum absolute atomic E-state index is 11.5. The van der Waals surface area contributed by atoms with Crippen molar-refractivity contribution in [3.05, 3.63) is 0 Å². The van der Waals surface area contributed by atoms with E-state index in [-0.39, 0.29) is 17.5 Å². The average Bonchev–Trinajstić information content (AvgIpc) is 2.13. The third-order valence-corrected chi connectivity index (χ3v) is 3.69. The summed E-state index contributed by atoms with van der Waals surface area (Å²) < 4.78 is 11.5. The number of carbonyl (C=O) groups is 1. The van der Waals surface area contributed by atoms with E-state index < -0.39 is 10.8 Å². The molecule has 0 aliphatic heterocycles. The van der Waals surface area contributed by atoms with E-state index in [1.807, 2.05) is 13.8 Å². The first kappa shape index (κ1) is 13.8. The number of rotatable bonds is 7. The average molecular weight is 218 g/mol. The summed E-state index contributed by atoms with van der Waals surface area (Å²) >= 11 is 0. The molecule has 0 aliphatic carbocycles. The van der Waals surface area contributed by atoms with Crippen molar-refractivity contribution in [3.63, 3.8) is 0 Å². The van der Waals surface area contributed by atoms with E-state index in [9.17, 15) is 9.00 Å². The lowest BCUT2D eigenvalue weighted by atomic mass is 10.1. The zero-order valence-electron chi connectivity index (χ0n) is 9.71. The Morgan fingerprint density at radius 2 is 1.86 bits per heavy atom. The van der Waals surface area contributed by atoms with E-state index in [2.05, 4.69) is 13.8 Å². The van der Waals surface area contributed by atoms with E-state index in [1.165, 1.54) is 0 Å². The molecule has 0 saturated heterocycles. The van der Waals surface area contributed by atoms with Crippen molar-refractivity contribution in [1.82, 2.24) is 0 Å². The molecule has 0 N–H and O–H groups in total. The molecule has 2 nitrogen and oxygen atoms in total. The summed E-state index contributed by atoms with van der Waals surface area (Å²) in [7, 11) is -0.942. The summed E-state index contributed by atoms with van der Waals surface area (Å²) in [4.78, 5) is 11.4. The van der Waals surface area contributed by atoms with Gasteiger partial charge in [-0.1, -0.05) is 27.7 Å². The highest BCUT2D eigenvalue weighted by atomic mass is 32.2. The zero-order valence-corrected chi connectivity index (χ0v) is 10.5. The van der Waals surface area contributed by atoms with Gasteiger partial charge in [-0.15, -0.1) is 0 Å². The Morgan fingerprint density at radius 3 is 2.29 bits per heavy atom. The molecule has 2 unspecified atom stereocenters. The summed E-state index contributed by atoms with van der Waals surface area (Å²) in [5.41, 5.74) is 0. The largest absolute Gasteiger partial charge is 0.298 e. The first-order valence-corrected chi connectivity index (χ1v) is 6.83. The fraction of sp³-hybridized carbons (Fsp3) is 0.909. The van der Waals surface area contributed by atoms with Crippen molar-refractivity contribution in [1.29, 1.82) is 0 Å². The minimum atomic E-state index is -0.942. The van der Waals surface area contributed by atoms with Crippen LogP contribution in [0.3, 0.4) is 0 Å². The van der Waals surface area contributed by atoms with Crippen molar-refractivity contribution in [2.75, 3.05) is 11.5 Å². The molecule has 0 aromatic rings. The smallest absolute Gasteiger partial charge is 0.148 e. The van der Waals surface area contributed by atoms with Gasteiger partial charge in [0.1, 0.15) is 5.78 Å². The van der Waals surface area contributed by atoms with E-state index in [4.69, 9.17) is 0 Å². The van der Waals surface area contributed by atoms with E-state index >= 15 is 0 Å². The number of ketones is 1. The topological polar surface area (TPSA) is 34.1 Å². The molecule has 0 rings (SSSR count). The van der Waals surface area contributed by atoms with Gasteiger partial charge in [-0.3, -0.25) is 9.00 Å². The molecule has 0 bridgehead atoms. The molecule has 0 aliphatic rings. The molecule has 2 atom stereocenters. The van der Waals surface area contributed by atoms with Crippen molar-refractivity contribution in [3.8, 4) is 0 Å². The van der Waals surface area contributed by atoms with Crippen LogP contribution in [0.4, 0.5) is 0 Å². The van der Waals surface area contributed by atoms with Crippen LogP contribution in [0.1, 0.15) is 40.5 Å². The van der Waals surface area contributed by atoms with Gasteiger partial charge in [0.2, 0.25) is 0 Å². The van der Waals surface area contributed by atoms with E-state index in [1.54, 1.807) is 0 Å². The van der Waals surface area contributed by atoms with Crippen LogP contribution in [0.15, 0.2) is 0 Å². The molecule has 0 aromatic carbocycles. The first-order chi connectivity index (χ1) is 6.47. The van der Waals surface area contributed by atoms with Gasteiger partial charge in [0.15, 0.2) is 0 Å². The van der Waals surface area contributed by atoms with Crippen LogP contribution in [-0.2, 0) is 15.6 Å². The Morgan fingerprint density at radius 1 is 1.29 bits per heavy atom. The maximum Gasteiger partial charge on any atom is 0.148 e. The normalized spacial score (nSPS) is 15.5. The van der Waals surface area contributed by atoms with Gasteiger partial charge in [-0.05, 0) is 18.8 Å². The monoisotopic (exact) mass is 218 g/mol. The molecule has 84 valence electrons. The third-order valence-electron chi connectivity index (χ3n) is 2.39. The van der Waals surface area contributed by atoms with Crippen LogP contribution >= 0.6 is 0 Å². The second-order valence-corrected chi connectivity index (χ2v) is 5.82. The number of hydrogen-bond donors (Lipinski definition) is 0. The minimum absolute atomic E-state index is 0.0676. The highest BCUT2D eigenvalue weighted by Gasteiger charge is 2.14. The Balaban J connectivity index is 3.77. The lowest BCUT2D eigenvalue weighted by Crippen LogP contribution is -2.19. The standard InChI is InChI=1S/C11H22O2S/c1-5-10(4)11(12)8-14(13)7-6-9(2)3/h9-10H,5-8H2,1-4H3. The van der Waals surface area contributed by atoms with E-state index in [0.29, 0.717) is 11.7 Å². The van der Waals surface area contributed by atoms with Gasteiger partial charge >= 0.3 is 0 Å². The first-order valence-electron chi connectivity index (χ1n) is 5.35. The summed E-state index contributed by atoms with van der Waals surface area (Å²) in [6.45, 7) is 8.10. The lowest BCUT2D eigenvalue weighted by molar-refractivity contribution is -0.119. The Hall–Kier alpha value is -0.180. The van der Waals surface area contributed by atoms with E-state index in [0.717, 1.165) is 12.8 Å². The van der Waals surface area contributed by atoms with Crippen LogP contribution in [0, 0.1) is 11.8 Å². The zero-order chi connectivity index (χ0) is 11.1. The lowest BCUT2D eigenvalue weighted by Gasteiger charge is -2.08. The van der Waals surface area contributed by atoms with Gasteiger partial charge in [-0.25, -0.2) is 0 Å². The van der Waals surface area contributed by atoms with Crippen LogP contribution < -0.4 is 0 Å². The molecular formula is C11H22O2S. The molecule has 0 amide bonds. The molecule has 0 saturated carbocycles. The summed E-state index contributed by atoms with van der Waals surface area (Å²) in [6.07, 6.45) is 1.79. The SMILES string of the molecule is CCC(C)C(=O)CS(=O)CCC(C)C. The van der Waals surface area contributed by atoms with Gasteiger partial charge in [0.25, 0.3) is 0 Å². The highest BCUT2D eigenvalue weighted by molar-refractivity contribution is 7.85. The van der Waals surface area contributed by atoms with Crippen LogP contribution in [0.25, 0.3) is 0 Å². The van der Waals surface area contributed by atoms with Crippen molar-refractivity contribution < 1.29 is 9.00 Å². The quantitative estimate of drug-likeness (QED) is 0.657. The molecule has 0 radical (unpaired) electrons. The summed E-state index contributed by atoms with van der Waals surface area (Å²) in [5.74, 6) is 1.70. The van der Waals surface area contributed by atoms with Gasteiger partial charge < -0.3 is 0 Å². The highest BCUT2D eigenvalue weighted by Crippen LogP contribution is 2.05. The second kappa shape index (κ2) is 7.16. The fourth-order valence-electron chi connectivity index (χ4n) is 0.968. The summed E-state index contributed by atoms with van der Waals surface area (Å²) in [5, 5.41) is 0. The molecule has 0 heterocycles. The fourth-order valence-corrected chi connectivity index (χ4v) is 2.45. The van der Waals surface area contributed by atoms with Crippen molar-refractivity contribution in [2.24, 2.45) is 11.8 Å². The van der Waals surface area contributed by atoms with Crippen LogP contribution in [0.5, 0.6) is 0 Å². The second-order valence-electron chi connectivity index (χ2n) is 4.25. The molecule has 0 spiro atoms. The minimum Gasteiger partial charge on any atom is -0.298 e. The molecule has 0 fully saturated rings. The van der Waals surface area contributed by atoms with Crippen LogP contribution in [-0.4, -0.2) is 21.5 Å². The molecule has 0 aromatic heterocycles. The predicted octanol–water partition coefficient (Wildman–Crippen LogP) is 2.40. The molecule has 3 heteroatoms. The Labute approximate surface area is 89.9 Å².